The number of hydrogen-bond donors (Lipinski definition) is 2. The Bertz CT molecular complexity index is 418. The van der Waals surface area contributed by atoms with Crippen molar-refractivity contribution in [2.24, 2.45) is 11.3 Å². The average Bonchev–Trinajstić information content (AvgIpc) is 2.55. The first kappa shape index (κ1) is 17.1. The molecule has 0 aromatic rings. The number of fused-ring (bicyclic) bond motifs is 1. The van der Waals surface area contributed by atoms with E-state index in [1.807, 2.05) is 0 Å². The molecule has 0 spiro atoms. The Labute approximate surface area is 122 Å². The maximum absolute atomic E-state index is 13.5. The van der Waals surface area contributed by atoms with Crippen LogP contribution in [-0.2, 0) is 9.59 Å². The van der Waals surface area contributed by atoms with Gasteiger partial charge in [0.25, 0.3) is 5.92 Å². The second-order valence-corrected chi connectivity index (χ2v) is 6.02. The van der Waals surface area contributed by atoms with E-state index < -0.39 is 35.8 Å². The molecule has 2 heterocycles. The van der Waals surface area contributed by atoms with E-state index >= 15 is 0 Å². The zero-order chi connectivity index (χ0) is 14.4. The summed E-state index contributed by atoms with van der Waals surface area (Å²) in [5.41, 5.74) is -1.08. The van der Waals surface area contributed by atoms with Crippen LogP contribution in [-0.4, -0.2) is 53.5 Å². The van der Waals surface area contributed by atoms with Gasteiger partial charge < -0.3 is 15.3 Å². The Balaban J connectivity index is 0.00000200. The molecule has 20 heavy (non-hydrogen) atoms. The molecule has 2 aliphatic rings. The maximum Gasteiger partial charge on any atom is 0.310 e. The first-order chi connectivity index (χ1) is 8.63. The lowest BCUT2D eigenvalue weighted by molar-refractivity contribution is -0.152. The van der Waals surface area contributed by atoms with Gasteiger partial charge in [-0.1, -0.05) is 0 Å². The highest BCUT2D eigenvalue weighted by Crippen LogP contribution is 2.38. The summed E-state index contributed by atoms with van der Waals surface area (Å²) in [5, 5.41) is 11.8. The summed E-state index contributed by atoms with van der Waals surface area (Å²) in [4.78, 5) is 24.3. The van der Waals surface area contributed by atoms with Crippen molar-refractivity contribution in [2.45, 2.75) is 32.2 Å². The number of nitrogens with one attached hydrogen (secondary N) is 1. The number of carboxylic acids is 1. The van der Waals surface area contributed by atoms with E-state index in [-0.39, 0.29) is 37.8 Å². The van der Waals surface area contributed by atoms with Crippen LogP contribution in [0.2, 0.25) is 0 Å². The van der Waals surface area contributed by atoms with Crippen molar-refractivity contribution in [1.82, 2.24) is 10.2 Å². The fraction of sp³-hybridized carbons (Fsp3) is 0.833. The molecule has 2 saturated heterocycles. The Morgan fingerprint density at radius 3 is 2.70 bits per heavy atom. The van der Waals surface area contributed by atoms with Crippen LogP contribution in [0.4, 0.5) is 8.78 Å². The Hall–Kier alpha value is -0.950. The lowest BCUT2D eigenvalue weighted by Gasteiger charge is -2.38. The van der Waals surface area contributed by atoms with Crippen molar-refractivity contribution in [2.75, 3.05) is 19.6 Å². The Morgan fingerprint density at radius 2 is 2.15 bits per heavy atom. The Kier molecular flexibility index (Phi) is 4.65. The van der Waals surface area contributed by atoms with E-state index in [1.165, 1.54) is 18.7 Å². The highest BCUT2D eigenvalue weighted by atomic mass is 35.5. The van der Waals surface area contributed by atoms with Crippen molar-refractivity contribution in [3.8, 4) is 0 Å². The molecule has 1 amide bonds. The normalized spacial score (nSPS) is 28.8. The van der Waals surface area contributed by atoms with E-state index in [0.29, 0.717) is 0 Å². The highest BCUT2D eigenvalue weighted by molar-refractivity contribution is 5.85. The first-order valence-corrected chi connectivity index (χ1v) is 6.26. The number of nitrogens with zero attached hydrogens (tertiary/aromatic N) is 1. The molecule has 0 aromatic heterocycles. The number of halogens is 3. The van der Waals surface area contributed by atoms with Gasteiger partial charge in [-0.3, -0.25) is 9.59 Å². The molecule has 2 rings (SSSR count). The number of rotatable bonds is 3. The molecule has 0 aromatic carbocycles. The van der Waals surface area contributed by atoms with Gasteiger partial charge in [0.15, 0.2) is 0 Å². The molecule has 0 saturated carbocycles. The minimum atomic E-state index is -2.85. The summed E-state index contributed by atoms with van der Waals surface area (Å²) in [6.07, 6.45) is -0.222. The molecule has 2 aliphatic heterocycles. The van der Waals surface area contributed by atoms with Crippen molar-refractivity contribution in [1.29, 1.82) is 0 Å². The topological polar surface area (TPSA) is 69.6 Å². The fourth-order valence-electron chi connectivity index (χ4n) is 2.67. The summed E-state index contributed by atoms with van der Waals surface area (Å²) < 4.78 is 27.0. The van der Waals surface area contributed by atoms with Gasteiger partial charge in [-0.2, -0.15) is 0 Å². The van der Waals surface area contributed by atoms with Crippen molar-refractivity contribution < 1.29 is 23.5 Å². The number of carbonyl (C=O) groups excluding carboxylic acids is 1. The van der Waals surface area contributed by atoms with Crippen LogP contribution in [0.15, 0.2) is 0 Å². The van der Waals surface area contributed by atoms with E-state index in [9.17, 15) is 18.4 Å². The van der Waals surface area contributed by atoms with Crippen LogP contribution in [0.25, 0.3) is 0 Å². The predicted octanol–water partition coefficient (Wildman–Crippen LogP) is 0.975. The molecule has 0 unspecified atom stereocenters. The van der Waals surface area contributed by atoms with Crippen molar-refractivity contribution in [3.63, 3.8) is 0 Å². The highest BCUT2D eigenvalue weighted by Gasteiger charge is 2.54. The van der Waals surface area contributed by atoms with Gasteiger partial charge in [0, 0.05) is 31.5 Å². The number of carboxylic acid groups (broad SMARTS) is 1. The molecule has 8 heteroatoms. The van der Waals surface area contributed by atoms with Crippen LogP contribution in [0.3, 0.4) is 0 Å². The molecule has 2 N–H and O–H groups in total. The SMILES string of the molecule is CC(C)(CN1C[C@H]2NCC(F)(F)[C@H]2CC1=O)C(=O)O.Cl. The number of alkyl halides is 2. The van der Waals surface area contributed by atoms with Crippen LogP contribution in [0.5, 0.6) is 0 Å². The van der Waals surface area contributed by atoms with Crippen LogP contribution < -0.4 is 5.32 Å². The fourth-order valence-corrected chi connectivity index (χ4v) is 2.67. The zero-order valence-electron chi connectivity index (χ0n) is 11.4. The summed E-state index contributed by atoms with van der Waals surface area (Å²) in [7, 11) is 0. The summed E-state index contributed by atoms with van der Waals surface area (Å²) in [6, 6.07) is -0.447. The third-order valence-electron chi connectivity index (χ3n) is 3.96. The molecule has 0 aliphatic carbocycles. The predicted molar refractivity (Wildman–Crippen MR) is 70.1 cm³/mol. The number of aliphatic carboxylic acids is 1. The quantitative estimate of drug-likeness (QED) is 0.815. The van der Waals surface area contributed by atoms with E-state index in [0.717, 1.165) is 0 Å². The van der Waals surface area contributed by atoms with E-state index in [2.05, 4.69) is 5.32 Å². The number of likely N-dealkylation sites (tertiary alicyclic amines) is 1. The van der Waals surface area contributed by atoms with Crippen molar-refractivity contribution in [3.05, 3.63) is 0 Å². The third-order valence-corrected chi connectivity index (χ3v) is 3.96. The lowest BCUT2D eigenvalue weighted by Crippen LogP contribution is -2.54. The zero-order valence-corrected chi connectivity index (χ0v) is 12.2. The molecule has 2 fully saturated rings. The molecular weight excluding hydrogens is 294 g/mol. The largest absolute Gasteiger partial charge is 0.481 e. The van der Waals surface area contributed by atoms with Gasteiger partial charge >= 0.3 is 5.97 Å². The molecule has 0 bridgehead atoms. The van der Waals surface area contributed by atoms with E-state index in [4.69, 9.17) is 5.11 Å². The monoisotopic (exact) mass is 312 g/mol. The number of amides is 1. The molecule has 0 radical (unpaired) electrons. The van der Waals surface area contributed by atoms with Gasteiger partial charge in [0.2, 0.25) is 5.91 Å². The number of hydrogen-bond acceptors (Lipinski definition) is 3. The number of carbonyl (C=O) groups is 2. The smallest absolute Gasteiger partial charge is 0.310 e. The summed E-state index contributed by atoms with van der Waals surface area (Å²) >= 11 is 0. The van der Waals surface area contributed by atoms with Gasteiger partial charge in [-0.15, -0.1) is 12.4 Å². The first-order valence-electron chi connectivity index (χ1n) is 6.26. The lowest BCUT2D eigenvalue weighted by atomic mass is 9.87. The van der Waals surface area contributed by atoms with Crippen LogP contribution >= 0.6 is 12.4 Å². The number of piperidine rings is 1. The average molecular weight is 313 g/mol. The van der Waals surface area contributed by atoms with Crippen LogP contribution in [0.1, 0.15) is 20.3 Å². The van der Waals surface area contributed by atoms with E-state index in [1.54, 1.807) is 0 Å². The minimum Gasteiger partial charge on any atom is -0.481 e. The standard InChI is InChI=1S/C12H18F2N2O3.ClH/c1-11(2,10(18)19)6-16-4-8-7(3-9(16)17)12(13,14)5-15-8;/h7-8,15H,3-6H2,1-2H3,(H,18,19);1H/t7-,8+;/m0./s1. The van der Waals surface area contributed by atoms with Gasteiger partial charge in [-0.25, -0.2) is 8.78 Å². The van der Waals surface area contributed by atoms with Crippen molar-refractivity contribution >= 4 is 24.3 Å². The molecule has 5 nitrogen and oxygen atoms in total. The Morgan fingerprint density at radius 1 is 1.55 bits per heavy atom. The second kappa shape index (κ2) is 5.44. The minimum absolute atomic E-state index is 0. The van der Waals surface area contributed by atoms with Crippen LogP contribution in [0, 0.1) is 11.3 Å². The summed E-state index contributed by atoms with van der Waals surface area (Å²) in [5.74, 6) is -5.22. The summed E-state index contributed by atoms with van der Waals surface area (Å²) in [6.45, 7) is 2.82. The van der Waals surface area contributed by atoms with Gasteiger partial charge in [0.1, 0.15) is 0 Å². The maximum atomic E-state index is 13.5. The molecular formula is C12H19ClF2N2O3. The van der Waals surface area contributed by atoms with Gasteiger partial charge in [-0.05, 0) is 13.8 Å². The van der Waals surface area contributed by atoms with Gasteiger partial charge in [0.05, 0.1) is 12.0 Å². The molecule has 2 atom stereocenters. The third kappa shape index (κ3) is 3.03. The second-order valence-electron chi connectivity index (χ2n) is 6.02. The molecule has 116 valence electrons.